The largest absolute Gasteiger partial charge is 0.432 e. The summed E-state index contributed by atoms with van der Waals surface area (Å²) in [4.78, 5) is 15.4. The van der Waals surface area contributed by atoms with E-state index in [0.717, 1.165) is 0 Å². The van der Waals surface area contributed by atoms with E-state index in [0.29, 0.717) is 56.9 Å². The highest BCUT2D eigenvalue weighted by molar-refractivity contribution is 5.77. The van der Waals surface area contributed by atoms with Crippen molar-refractivity contribution in [1.29, 1.82) is 0 Å². The number of carbonyl (C=O) groups excluding carboxylic acids is 1. The van der Waals surface area contributed by atoms with E-state index in [1.54, 1.807) is 6.92 Å². The highest BCUT2D eigenvalue weighted by Crippen LogP contribution is 2.74. The number of ether oxygens (including phenoxy) is 11. The van der Waals surface area contributed by atoms with Crippen LogP contribution in [0.1, 0.15) is 85.0 Å². The van der Waals surface area contributed by atoms with E-state index in [2.05, 4.69) is 13.5 Å². The standard InChI is InChI=1S/C57H92O31/c1-20-13-56-10-6-29-54(3,8-5-9-55(29,4)53(77)87-51-45(84-48-42(74)38(70)31(63)21(2)78-48)22(32(64)24(14-58)82-51)12-23-33(65)39(71)34(66)25(15-59)79-23)30(56)7-11-57(20,19-56)88-52-47(86-50-44(76)41(73)36(68)27(17-61)81-50)46(37(69)28(18-62)83-52)85-49-43(75)40(72)35(67)26(16-60)80-49/h21-52,58-76H,1,5-19H2,2-4H3/t21?,22?,23?,24?,25?,26?,27?,28?,29-,30-,31?,32?,33?,34?,35?,36?,37?,38?,39?,40?,41?,42?,43?,44?,45?,46?,47?,48?,49?,50?,51?,52?,54+,55+,56+,57-/m0/s1. The van der Waals surface area contributed by atoms with Crippen LogP contribution in [0.15, 0.2) is 12.2 Å². The molecule has 4 saturated carbocycles. The van der Waals surface area contributed by atoms with Crippen molar-refractivity contribution in [1.82, 2.24) is 0 Å². The molecular formula is C57H92O31. The van der Waals surface area contributed by atoms with Crippen LogP contribution in [0.4, 0.5) is 0 Å². The second-order valence-electron chi connectivity index (χ2n) is 26.9. The molecule has 10 aliphatic rings. The summed E-state index contributed by atoms with van der Waals surface area (Å²) in [6.45, 7) is 5.69. The summed E-state index contributed by atoms with van der Waals surface area (Å²) in [5, 5.41) is 205. The summed E-state index contributed by atoms with van der Waals surface area (Å²) >= 11 is 0. The maximum absolute atomic E-state index is 15.4. The van der Waals surface area contributed by atoms with Gasteiger partial charge in [0.15, 0.2) is 25.2 Å². The Kier molecular flexibility index (Phi) is 20.9. The van der Waals surface area contributed by atoms with E-state index in [4.69, 9.17) is 52.1 Å². The molecule has 36 atom stereocenters. The molecule has 31 heteroatoms. The molecule has 2 bridgehead atoms. The first kappa shape index (κ1) is 68.9. The summed E-state index contributed by atoms with van der Waals surface area (Å²) < 4.78 is 67.7. The minimum absolute atomic E-state index is 0.113. The fourth-order valence-electron chi connectivity index (χ4n) is 16.9. The van der Waals surface area contributed by atoms with Gasteiger partial charge in [0.05, 0.1) is 62.4 Å². The molecule has 4 aliphatic carbocycles. The van der Waals surface area contributed by atoms with E-state index in [1.165, 1.54) is 6.92 Å². The third kappa shape index (κ3) is 12.0. The monoisotopic (exact) mass is 1270 g/mol. The summed E-state index contributed by atoms with van der Waals surface area (Å²) in [7, 11) is 0. The molecule has 88 heavy (non-hydrogen) atoms. The van der Waals surface area contributed by atoms with Crippen molar-refractivity contribution in [2.45, 2.75) is 269 Å². The van der Waals surface area contributed by atoms with E-state index >= 15 is 4.79 Å². The average molecular weight is 1270 g/mol. The van der Waals surface area contributed by atoms with Gasteiger partial charge in [-0.15, -0.1) is 0 Å². The summed E-state index contributed by atoms with van der Waals surface area (Å²) in [5.74, 6) is -2.61. The van der Waals surface area contributed by atoms with Crippen LogP contribution in [0, 0.1) is 34.0 Å². The fourth-order valence-corrected chi connectivity index (χ4v) is 16.9. The fraction of sp³-hybridized carbons (Fsp3) is 0.947. The van der Waals surface area contributed by atoms with Gasteiger partial charge in [-0.05, 0) is 99.9 Å². The van der Waals surface area contributed by atoms with E-state index in [-0.39, 0.29) is 18.3 Å². The molecule has 0 amide bonds. The first-order chi connectivity index (χ1) is 41.6. The van der Waals surface area contributed by atoms with Gasteiger partial charge < -0.3 is 149 Å². The van der Waals surface area contributed by atoms with Crippen LogP contribution < -0.4 is 0 Å². The van der Waals surface area contributed by atoms with Crippen molar-refractivity contribution in [2.75, 3.05) is 33.0 Å². The van der Waals surface area contributed by atoms with Crippen LogP contribution in [0.3, 0.4) is 0 Å². The van der Waals surface area contributed by atoms with Crippen LogP contribution in [0.5, 0.6) is 0 Å². The van der Waals surface area contributed by atoms with Crippen molar-refractivity contribution < 1.29 is 154 Å². The third-order valence-corrected chi connectivity index (χ3v) is 21.8. The number of hydrogen-bond acceptors (Lipinski definition) is 31. The second-order valence-corrected chi connectivity index (χ2v) is 26.9. The van der Waals surface area contributed by atoms with Crippen LogP contribution in [-0.2, 0) is 56.9 Å². The van der Waals surface area contributed by atoms with Crippen molar-refractivity contribution >= 4 is 5.97 Å². The Hall–Kier alpha value is -1.95. The van der Waals surface area contributed by atoms with Crippen molar-refractivity contribution in [3.63, 3.8) is 0 Å². The Balaban J connectivity index is 0.919. The highest BCUT2D eigenvalue weighted by Gasteiger charge is 2.70. The lowest BCUT2D eigenvalue weighted by atomic mass is 9.41. The molecule has 506 valence electrons. The number of aliphatic hydroxyl groups is 19. The topological polar surface area (TPSA) is 503 Å². The normalized spacial score (nSPS) is 55.0. The van der Waals surface area contributed by atoms with Crippen LogP contribution in [0.2, 0.25) is 0 Å². The SMILES string of the molecule is C=C1C[C@@]23CC[C@H]4[C@@](C)(CCC[C@@]4(C)C(=O)OC4OC(CO)C(O)C(CC5OC(CO)C(O)C(O)C5O)C4OC4OC(C)C(O)C(O)C4O)[C@@H]2CC[C@]1(OC1OC(CO)C(O)C(OC2OC(CO)C(O)C(O)C2O)C1OC1OC(CO)C(O)C(O)C1O)C3. The summed E-state index contributed by atoms with van der Waals surface area (Å²) in [6, 6.07) is 0. The molecule has 10 fully saturated rings. The van der Waals surface area contributed by atoms with E-state index in [1.807, 2.05) is 0 Å². The smallest absolute Gasteiger partial charge is 0.314 e. The Bertz CT molecular complexity index is 2380. The minimum atomic E-state index is -2.01. The molecule has 0 aromatic rings. The zero-order chi connectivity index (χ0) is 64.0. The first-order valence-electron chi connectivity index (χ1n) is 30.6. The molecule has 6 heterocycles. The van der Waals surface area contributed by atoms with Gasteiger partial charge in [0, 0.05) is 5.92 Å². The number of hydrogen-bond donors (Lipinski definition) is 19. The third-order valence-electron chi connectivity index (χ3n) is 21.8. The van der Waals surface area contributed by atoms with Gasteiger partial charge in [0.1, 0.15) is 128 Å². The molecule has 0 radical (unpaired) electrons. The lowest BCUT2D eigenvalue weighted by molar-refractivity contribution is -0.400. The Labute approximate surface area is 506 Å². The van der Waals surface area contributed by atoms with Crippen LogP contribution in [0.25, 0.3) is 0 Å². The maximum atomic E-state index is 15.4. The predicted octanol–water partition coefficient (Wildman–Crippen LogP) is -7.77. The van der Waals surface area contributed by atoms with Gasteiger partial charge in [0.25, 0.3) is 0 Å². The number of aliphatic hydroxyl groups excluding tert-OH is 19. The van der Waals surface area contributed by atoms with Crippen LogP contribution >= 0.6 is 0 Å². The number of carbonyl (C=O) groups is 1. The molecule has 1 spiro atoms. The molecule has 31 nitrogen and oxygen atoms in total. The summed E-state index contributed by atoms with van der Waals surface area (Å²) in [5.41, 5.74) is -3.03. The molecule has 6 aliphatic heterocycles. The Morgan fingerprint density at radius 2 is 0.932 bits per heavy atom. The van der Waals surface area contributed by atoms with E-state index in [9.17, 15) is 97.0 Å². The minimum Gasteiger partial charge on any atom is -0.432 e. The molecule has 0 aromatic heterocycles. The van der Waals surface area contributed by atoms with Gasteiger partial charge in [-0.25, -0.2) is 0 Å². The van der Waals surface area contributed by atoms with Crippen LogP contribution in [-0.4, -0.2) is 320 Å². The number of fused-ring (bicyclic) bond motifs is 3. The Morgan fingerprint density at radius 1 is 0.477 bits per heavy atom. The van der Waals surface area contributed by atoms with Gasteiger partial charge in [-0.2, -0.15) is 0 Å². The maximum Gasteiger partial charge on any atom is 0.314 e. The van der Waals surface area contributed by atoms with Crippen molar-refractivity contribution in [3.05, 3.63) is 12.2 Å². The highest BCUT2D eigenvalue weighted by atomic mass is 16.8. The molecule has 0 aromatic carbocycles. The second kappa shape index (κ2) is 26.7. The first-order valence-corrected chi connectivity index (χ1v) is 30.6. The van der Waals surface area contributed by atoms with Gasteiger partial charge in [0.2, 0.25) is 6.29 Å². The van der Waals surface area contributed by atoms with Crippen molar-refractivity contribution in [3.8, 4) is 0 Å². The number of esters is 1. The van der Waals surface area contributed by atoms with Gasteiger partial charge in [-0.1, -0.05) is 19.9 Å². The quantitative estimate of drug-likeness (QED) is 0.0365. The van der Waals surface area contributed by atoms with Gasteiger partial charge in [-0.3, -0.25) is 4.79 Å². The number of rotatable bonds is 17. The predicted molar refractivity (Wildman–Crippen MR) is 286 cm³/mol. The zero-order valence-corrected chi connectivity index (χ0v) is 49.2. The lowest BCUT2D eigenvalue weighted by Crippen LogP contribution is -2.68. The molecular weight excluding hydrogens is 1180 g/mol. The molecule has 10 rings (SSSR count). The average Bonchev–Trinajstić information content (AvgIpc) is 1.53. The Morgan fingerprint density at radius 3 is 1.51 bits per heavy atom. The van der Waals surface area contributed by atoms with Gasteiger partial charge >= 0.3 is 5.97 Å². The van der Waals surface area contributed by atoms with E-state index < -0.39 is 251 Å². The summed E-state index contributed by atoms with van der Waals surface area (Å²) in [6.07, 6.45) is -46.4. The van der Waals surface area contributed by atoms with Crippen molar-refractivity contribution in [2.24, 2.45) is 34.0 Å². The molecule has 19 N–H and O–H groups in total. The molecule has 30 unspecified atom stereocenters. The lowest BCUT2D eigenvalue weighted by Gasteiger charge is -2.64. The zero-order valence-electron chi connectivity index (χ0n) is 49.2. The molecule has 6 saturated heterocycles.